The number of carbonyl (C=O) groups excluding carboxylic acids is 1. The summed E-state index contributed by atoms with van der Waals surface area (Å²) in [5.41, 5.74) is 3.22. The number of nitrogens with zero attached hydrogens (tertiary/aromatic N) is 4. The van der Waals surface area contributed by atoms with E-state index in [2.05, 4.69) is 45.8 Å². The third-order valence-corrected chi connectivity index (χ3v) is 6.39. The first kappa shape index (κ1) is 17.4. The SMILES string of the molecule is O=C(Cn1nc2ccccc2n1)N1CC2CNCC2(CCc2ccccc2)C1. The van der Waals surface area contributed by atoms with Crippen LogP contribution < -0.4 is 5.32 Å². The second-order valence-electron chi connectivity index (χ2n) is 8.17. The molecule has 2 fully saturated rings. The van der Waals surface area contributed by atoms with Crippen molar-refractivity contribution in [1.82, 2.24) is 25.2 Å². The number of hydrogen-bond acceptors (Lipinski definition) is 4. The highest BCUT2D eigenvalue weighted by molar-refractivity contribution is 5.77. The zero-order chi connectivity index (χ0) is 19.0. The van der Waals surface area contributed by atoms with Crippen molar-refractivity contribution in [2.45, 2.75) is 19.4 Å². The Bertz CT molecular complexity index is 952. The summed E-state index contributed by atoms with van der Waals surface area (Å²) in [5, 5.41) is 12.4. The van der Waals surface area contributed by atoms with E-state index in [0.717, 1.165) is 50.1 Å². The molecule has 0 bridgehead atoms. The van der Waals surface area contributed by atoms with Crippen molar-refractivity contribution in [2.75, 3.05) is 26.2 Å². The van der Waals surface area contributed by atoms with Crippen LogP contribution in [-0.2, 0) is 17.8 Å². The topological polar surface area (TPSA) is 63.1 Å². The molecule has 3 aromatic rings. The first-order valence-corrected chi connectivity index (χ1v) is 10.0. The van der Waals surface area contributed by atoms with Gasteiger partial charge in [0.2, 0.25) is 5.91 Å². The van der Waals surface area contributed by atoms with Crippen LogP contribution in [0.2, 0.25) is 0 Å². The fourth-order valence-corrected chi connectivity index (χ4v) is 4.81. The summed E-state index contributed by atoms with van der Waals surface area (Å²) in [4.78, 5) is 16.5. The monoisotopic (exact) mass is 375 g/mol. The van der Waals surface area contributed by atoms with E-state index in [4.69, 9.17) is 0 Å². The van der Waals surface area contributed by atoms with Crippen LogP contribution in [0.15, 0.2) is 54.6 Å². The van der Waals surface area contributed by atoms with Crippen molar-refractivity contribution in [2.24, 2.45) is 11.3 Å². The van der Waals surface area contributed by atoms with Crippen molar-refractivity contribution in [1.29, 1.82) is 0 Å². The number of carbonyl (C=O) groups is 1. The minimum absolute atomic E-state index is 0.119. The lowest BCUT2D eigenvalue weighted by Gasteiger charge is -2.28. The van der Waals surface area contributed by atoms with Crippen molar-refractivity contribution < 1.29 is 4.79 Å². The number of aromatic nitrogens is 3. The van der Waals surface area contributed by atoms with Crippen molar-refractivity contribution >= 4 is 16.9 Å². The predicted molar refractivity (Wildman–Crippen MR) is 108 cm³/mol. The zero-order valence-electron chi connectivity index (χ0n) is 15.9. The average Bonchev–Trinajstić information content (AvgIpc) is 3.38. The van der Waals surface area contributed by atoms with E-state index in [-0.39, 0.29) is 17.9 Å². The number of likely N-dealkylation sites (tertiary alicyclic amines) is 1. The number of amides is 1. The molecule has 28 heavy (non-hydrogen) atoms. The first-order valence-electron chi connectivity index (χ1n) is 10.0. The Balaban J connectivity index is 1.27. The van der Waals surface area contributed by atoms with Crippen LogP contribution >= 0.6 is 0 Å². The van der Waals surface area contributed by atoms with E-state index in [0.29, 0.717) is 5.92 Å². The number of hydrogen-bond donors (Lipinski definition) is 1. The molecular weight excluding hydrogens is 350 g/mol. The lowest BCUT2D eigenvalue weighted by atomic mass is 9.76. The standard InChI is InChI=1S/C22H25N5O/c28-21(14-27-24-19-8-4-5-9-20(19)25-27)26-13-18-12-23-15-22(18,16-26)11-10-17-6-2-1-3-7-17/h1-9,18,23H,10-16H2. The number of rotatable bonds is 5. The molecule has 2 aliphatic heterocycles. The minimum atomic E-state index is 0.119. The summed E-state index contributed by atoms with van der Waals surface area (Å²) in [5.74, 6) is 0.651. The molecule has 0 saturated carbocycles. The van der Waals surface area contributed by atoms with Gasteiger partial charge in [0.1, 0.15) is 17.6 Å². The van der Waals surface area contributed by atoms with E-state index in [1.165, 1.54) is 10.4 Å². The molecule has 1 N–H and O–H groups in total. The molecule has 0 radical (unpaired) electrons. The zero-order valence-corrected chi connectivity index (χ0v) is 15.9. The quantitative estimate of drug-likeness (QED) is 0.742. The maximum absolute atomic E-state index is 12.9. The number of benzene rings is 2. The molecule has 0 spiro atoms. The molecule has 144 valence electrons. The van der Waals surface area contributed by atoms with Gasteiger partial charge in [0.05, 0.1) is 0 Å². The highest BCUT2D eigenvalue weighted by Gasteiger charge is 2.50. The van der Waals surface area contributed by atoms with Crippen LogP contribution in [0.5, 0.6) is 0 Å². The van der Waals surface area contributed by atoms with Crippen LogP contribution in [0.1, 0.15) is 12.0 Å². The second kappa shape index (κ2) is 7.02. The van der Waals surface area contributed by atoms with Gasteiger partial charge in [-0.1, -0.05) is 42.5 Å². The van der Waals surface area contributed by atoms with Gasteiger partial charge in [-0.2, -0.15) is 15.0 Å². The highest BCUT2D eigenvalue weighted by Crippen LogP contribution is 2.42. The summed E-state index contributed by atoms with van der Waals surface area (Å²) >= 11 is 0. The molecule has 1 aromatic heterocycles. The molecular formula is C22H25N5O. The van der Waals surface area contributed by atoms with E-state index < -0.39 is 0 Å². The van der Waals surface area contributed by atoms with Crippen LogP contribution in [0.25, 0.3) is 11.0 Å². The van der Waals surface area contributed by atoms with E-state index in [1.54, 1.807) is 0 Å². The van der Waals surface area contributed by atoms with Crippen molar-refractivity contribution in [3.8, 4) is 0 Å². The lowest BCUT2D eigenvalue weighted by Crippen LogP contribution is -2.37. The molecule has 2 saturated heterocycles. The average molecular weight is 375 g/mol. The molecule has 0 aliphatic carbocycles. The minimum Gasteiger partial charge on any atom is -0.340 e. The van der Waals surface area contributed by atoms with Crippen molar-refractivity contribution in [3.05, 3.63) is 60.2 Å². The van der Waals surface area contributed by atoms with Crippen LogP contribution in [0.4, 0.5) is 0 Å². The largest absolute Gasteiger partial charge is 0.340 e. The Hall–Kier alpha value is -2.73. The molecule has 2 aliphatic rings. The van der Waals surface area contributed by atoms with Gasteiger partial charge in [-0.3, -0.25) is 4.79 Å². The molecule has 2 aromatic carbocycles. The van der Waals surface area contributed by atoms with Gasteiger partial charge in [-0.25, -0.2) is 0 Å². The molecule has 1 amide bonds. The fraction of sp³-hybridized carbons (Fsp3) is 0.409. The maximum atomic E-state index is 12.9. The number of aryl methyl sites for hydroxylation is 1. The molecule has 3 heterocycles. The summed E-state index contributed by atoms with van der Waals surface area (Å²) in [6, 6.07) is 18.4. The lowest BCUT2D eigenvalue weighted by molar-refractivity contribution is -0.131. The summed E-state index contributed by atoms with van der Waals surface area (Å²) in [6.45, 7) is 3.88. The third-order valence-electron chi connectivity index (χ3n) is 6.39. The maximum Gasteiger partial charge on any atom is 0.246 e. The highest BCUT2D eigenvalue weighted by atomic mass is 16.2. The molecule has 6 heteroatoms. The Morgan fingerprint density at radius 1 is 1.07 bits per heavy atom. The van der Waals surface area contributed by atoms with Gasteiger partial charge in [-0.05, 0) is 36.5 Å². The molecule has 6 nitrogen and oxygen atoms in total. The van der Waals surface area contributed by atoms with Gasteiger partial charge in [0.25, 0.3) is 0 Å². The van der Waals surface area contributed by atoms with Crippen LogP contribution in [0, 0.1) is 11.3 Å². The number of fused-ring (bicyclic) bond motifs is 2. The Kier molecular flexibility index (Phi) is 4.36. The summed E-state index contributed by atoms with van der Waals surface area (Å²) < 4.78 is 0. The van der Waals surface area contributed by atoms with Crippen LogP contribution in [-0.4, -0.2) is 52.0 Å². The number of nitrogens with one attached hydrogen (secondary N) is 1. The van der Waals surface area contributed by atoms with Gasteiger partial charge in [0, 0.05) is 31.6 Å². The van der Waals surface area contributed by atoms with Crippen molar-refractivity contribution in [3.63, 3.8) is 0 Å². The molecule has 2 unspecified atom stereocenters. The first-order chi connectivity index (χ1) is 13.7. The van der Waals surface area contributed by atoms with E-state index in [9.17, 15) is 4.79 Å². The van der Waals surface area contributed by atoms with Gasteiger partial charge in [-0.15, -0.1) is 0 Å². The van der Waals surface area contributed by atoms with Gasteiger partial charge < -0.3 is 10.2 Å². The normalized spacial score (nSPS) is 24.0. The summed E-state index contributed by atoms with van der Waals surface area (Å²) in [7, 11) is 0. The van der Waals surface area contributed by atoms with Crippen LogP contribution in [0.3, 0.4) is 0 Å². The Morgan fingerprint density at radius 3 is 2.54 bits per heavy atom. The Labute approximate surface area is 164 Å². The summed E-state index contributed by atoms with van der Waals surface area (Å²) in [6.07, 6.45) is 2.18. The van der Waals surface area contributed by atoms with Gasteiger partial charge in [0.15, 0.2) is 0 Å². The predicted octanol–water partition coefficient (Wildman–Crippen LogP) is 2.11. The third kappa shape index (κ3) is 3.18. The van der Waals surface area contributed by atoms with Gasteiger partial charge >= 0.3 is 0 Å². The van der Waals surface area contributed by atoms with E-state index >= 15 is 0 Å². The smallest absolute Gasteiger partial charge is 0.246 e. The molecule has 5 rings (SSSR count). The fourth-order valence-electron chi connectivity index (χ4n) is 4.81. The molecule has 2 atom stereocenters. The Morgan fingerprint density at radius 2 is 1.79 bits per heavy atom. The second-order valence-corrected chi connectivity index (χ2v) is 8.17. The van der Waals surface area contributed by atoms with E-state index in [1.807, 2.05) is 29.2 Å².